The molecule has 2 aromatic heterocycles. The van der Waals surface area contributed by atoms with Crippen molar-refractivity contribution in [1.82, 2.24) is 14.5 Å². The molecule has 2 heterocycles. The van der Waals surface area contributed by atoms with Crippen molar-refractivity contribution in [3.8, 4) is 80.1 Å². The van der Waals surface area contributed by atoms with Crippen LogP contribution in [0.1, 0.15) is 16.7 Å². The fraction of sp³-hybridized carbons (Fsp3) is 0. The molecule has 0 saturated heterocycles. The Kier molecular flexibility index (Phi) is 10.6. The van der Waals surface area contributed by atoms with Crippen LogP contribution in [0.5, 0.6) is 0 Å². The Labute approximate surface area is 393 Å². The monoisotopic (exact) mass is 867 g/mol. The molecule has 0 unspecified atom stereocenters. The van der Waals surface area contributed by atoms with Crippen LogP contribution in [0.15, 0.2) is 224 Å². The van der Waals surface area contributed by atoms with Crippen molar-refractivity contribution in [3.05, 3.63) is 241 Å². The van der Waals surface area contributed by atoms with Crippen LogP contribution < -0.4 is 4.90 Å². The fourth-order valence-electron chi connectivity index (χ4n) is 8.95. The van der Waals surface area contributed by atoms with Gasteiger partial charge in [-0.1, -0.05) is 115 Å². The zero-order valence-corrected chi connectivity index (χ0v) is 36.5. The highest BCUT2D eigenvalue weighted by molar-refractivity contribution is 6.10. The molecule has 0 atom stereocenters. The summed E-state index contributed by atoms with van der Waals surface area (Å²) >= 11 is 0. The molecule has 0 aliphatic heterocycles. The molecule has 0 saturated carbocycles. The van der Waals surface area contributed by atoms with E-state index >= 15 is 0 Å². The van der Waals surface area contributed by atoms with Crippen LogP contribution in [0.3, 0.4) is 0 Å². The van der Waals surface area contributed by atoms with E-state index in [4.69, 9.17) is 9.97 Å². The molecule has 0 aliphatic rings. The van der Waals surface area contributed by atoms with Gasteiger partial charge in [-0.3, -0.25) is 0 Å². The van der Waals surface area contributed by atoms with Crippen LogP contribution >= 0.6 is 0 Å². The number of hydrogen-bond acceptors (Lipinski definition) is 6. The van der Waals surface area contributed by atoms with Gasteiger partial charge in [0.2, 0.25) is 0 Å². The van der Waals surface area contributed by atoms with Gasteiger partial charge in [0.25, 0.3) is 0 Å². The van der Waals surface area contributed by atoms with Crippen molar-refractivity contribution in [2.24, 2.45) is 0 Å². The van der Waals surface area contributed by atoms with Gasteiger partial charge in [0.05, 0.1) is 57.3 Å². The predicted octanol–water partition coefficient (Wildman–Crippen LogP) is 15.0. The van der Waals surface area contributed by atoms with Crippen molar-refractivity contribution in [2.45, 2.75) is 0 Å². The smallest absolute Gasteiger partial charge is 0.160 e. The summed E-state index contributed by atoms with van der Waals surface area (Å²) in [5.41, 5.74) is 15.7. The summed E-state index contributed by atoms with van der Waals surface area (Å²) in [7, 11) is 0. The van der Waals surface area contributed by atoms with Crippen molar-refractivity contribution >= 4 is 38.9 Å². The highest BCUT2D eigenvalue weighted by Crippen LogP contribution is 2.40. The molecular weight excluding hydrogens is 831 g/mol. The van der Waals surface area contributed by atoms with Crippen molar-refractivity contribution in [3.63, 3.8) is 0 Å². The summed E-state index contributed by atoms with van der Waals surface area (Å²) < 4.78 is 2.34. The van der Waals surface area contributed by atoms with Crippen LogP contribution in [0.4, 0.5) is 17.1 Å². The second-order valence-electron chi connectivity index (χ2n) is 16.4. The first-order valence-electron chi connectivity index (χ1n) is 22.1. The molecule has 7 nitrogen and oxygen atoms in total. The largest absolute Gasteiger partial charge is 0.310 e. The number of benzene rings is 9. The lowest BCUT2D eigenvalue weighted by atomic mass is 9.95. The molecule has 0 radical (unpaired) electrons. The van der Waals surface area contributed by atoms with Gasteiger partial charge >= 0.3 is 0 Å². The van der Waals surface area contributed by atoms with Gasteiger partial charge in [-0.2, -0.15) is 15.8 Å². The molecule has 0 aliphatic carbocycles. The van der Waals surface area contributed by atoms with Gasteiger partial charge in [-0.05, 0) is 131 Å². The van der Waals surface area contributed by atoms with E-state index in [0.717, 1.165) is 67.2 Å². The minimum absolute atomic E-state index is 0.460. The van der Waals surface area contributed by atoms with Crippen molar-refractivity contribution in [2.75, 3.05) is 4.90 Å². The number of fused-ring (bicyclic) bond motifs is 3. The van der Waals surface area contributed by atoms with Gasteiger partial charge in [0, 0.05) is 50.2 Å². The van der Waals surface area contributed by atoms with Gasteiger partial charge in [-0.25, -0.2) is 9.97 Å². The molecule has 7 heteroatoms. The standard InChI is InChI=1S/C61H37N7/c62-38-41-15-19-46(20-16-41)57-37-58(66-61(65-57)47-21-17-42(39-63)18-22-47)54-33-29-48(35-49(54)40-64)45-25-23-43(24-26-45)44-27-30-52(31-28-44)68-59-14-8-7-13-55(59)56-36-53(32-34-60(56)68)67(50-9-3-1-4-10-50)51-11-5-2-6-12-51/h1-37H. The molecule has 0 bridgehead atoms. The Morgan fingerprint density at radius 3 is 1.50 bits per heavy atom. The van der Waals surface area contributed by atoms with Crippen molar-refractivity contribution < 1.29 is 0 Å². The summed E-state index contributed by atoms with van der Waals surface area (Å²) in [6.45, 7) is 0. The lowest BCUT2D eigenvalue weighted by molar-refractivity contribution is 1.18. The van der Waals surface area contributed by atoms with Crippen LogP contribution in [0, 0.1) is 34.0 Å². The highest BCUT2D eigenvalue weighted by atomic mass is 15.1. The van der Waals surface area contributed by atoms with Crippen molar-refractivity contribution in [1.29, 1.82) is 15.8 Å². The molecule has 316 valence electrons. The summed E-state index contributed by atoms with van der Waals surface area (Å²) in [6.07, 6.45) is 0. The number of aromatic nitrogens is 3. The Bertz CT molecular complexity index is 3670. The van der Waals surface area contributed by atoms with Gasteiger partial charge in [0.1, 0.15) is 0 Å². The number of nitriles is 3. The van der Waals surface area contributed by atoms with E-state index in [-0.39, 0.29) is 0 Å². The third-order valence-electron chi connectivity index (χ3n) is 12.3. The fourth-order valence-corrected chi connectivity index (χ4v) is 8.95. The summed E-state index contributed by atoms with van der Waals surface area (Å²) in [5, 5.41) is 31.6. The third kappa shape index (κ3) is 7.67. The normalized spacial score (nSPS) is 10.9. The number of nitrogens with zero attached hydrogens (tertiary/aromatic N) is 7. The van der Waals surface area contributed by atoms with Gasteiger partial charge in [-0.15, -0.1) is 0 Å². The van der Waals surface area contributed by atoms with E-state index in [9.17, 15) is 15.8 Å². The Morgan fingerprint density at radius 1 is 0.368 bits per heavy atom. The highest BCUT2D eigenvalue weighted by Gasteiger charge is 2.18. The van der Waals surface area contributed by atoms with Crippen LogP contribution in [-0.2, 0) is 0 Å². The quantitative estimate of drug-likeness (QED) is 0.143. The third-order valence-corrected chi connectivity index (χ3v) is 12.3. The molecule has 11 rings (SSSR count). The van der Waals surface area contributed by atoms with E-state index in [1.165, 1.54) is 10.8 Å². The molecule has 68 heavy (non-hydrogen) atoms. The molecular formula is C61H37N7. The molecule has 0 fully saturated rings. The molecule has 0 amide bonds. The first-order chi connectivity index (χ1) is 33.5. The molecule has 11 aromatic rings. The van der Waals surface area contributed by atoms with Gasteiger partial charge in [0.15, 0.2) is 5.82 Å². The van der Waals surface area contributed by atoms with Crippen LogP contribution in [0.2, 0.25) is 0 Å². The molecule has 0 spiro atoms. The minimum Gasteiger partial charge on any atom is -0.310 e. The minimum atomic E-state index is 0.460. The van der Waals surface area contributed by atoms with Crippen LogP contribution in [0.25, 0.3) is 83.6 Å². The SMILES string of the molecule is N#Cc1ccc(-c2cc(-c3ccc(-c4ccc(-c5ccc(-n6c7ccccc7c7cc(N(c8ccccc8)c8ccccc8)ccc76)cc5)cc4)cc3C#N)nc(-c3ccc(C#N)cc3)n2)cc1. The summed E-state index contributed by atoms with van der Waals surface area (Å²) in [6, 6.07) is 82.3. The number of rotatable bonds is 9. The first kappa shape index (κ1) is 40.9. The summed E-state index contributed by atoms with van der Waals surface area (Å²) in [4.78, 5) is 12.1. The molecule has 0 N–H and O–H groups in total. The van der Waals surface area contributed by atoms with E-state index in [0.29, 0.717) is 39.5 Å². The van der Waals surface area contributed by atoms with E-state index in [1.54, 1.807) is 24.3 Å². The predicted molar refractivity (Wildman–Crippen MR) is 272 cm³/mol. The van der Waals surface area contributed by atoms with Crippen LogP contribution in [-0.4, -0.2) is 14.5 Å². The maximum Gasteiger partial charge on any atom is 0.160 e. The number of anilines is 3. The van der Waals surface area contributed by atoms with E-state index < -0.39 is 0 Å². The Balaban J connectivity index is 0.891. The zero-order chi connectivity index (χ0) is 46.0. The Hall–Kier alpha value is -9.87. The lowest BCUT2D eigenvalue weighted by Gasteiger charge is -2.25. The first-order valence-corrected chi connectivity index (χ1v) is 22.1. The maximum absolute atomic E-state index is 10.5. The average Bonchev–Trinajstić information content (AvgIpc) is 3.75. The van der Waals surface area contributed by atoms with E-state index in [2.05, 4.69) is 167 Å². The second kappa shape index (κ2) is 17.6. The number of hydrogen-bond donors (Lipinski definition) is 0. The number of para-hydroxylation sites is 3. The maximum atomic E-state index is 10.5. The zero-order valence-electron chi connectivity index (χ0n) is 36.5. The summed E-state index contributed by atoms with van der Waals surface area (Å²) in [5.74, 6) is 0.460. The average molecular weight is 868 g/mol. The lowest BCUT2D eigenvalue weighted by Crippen LogP contribution is -2.09. The van der Waals surface area contributed by atoms with E-state index in [1.807, 2.05) is 60.7 Å². The molecule has 9 aromatic carbocycles. The topological polar surface area (TPSA) is 105 Å². The Morgan fingerprint density at radius 2 is 0.882 bits per heavy atom. The second-order valence-corrected chi connectivity index (χ2v) is 16.4. The van der Waals surface area contributed by atoms with Gasteiger partial charge < -0.3 is 9.47 Å².